The summed E-state index contributed by atoms with van der Waals surface area (Å²) in [5.41, 5.74) is 0.597. The Morgan fingerprint density at radius 3 is 2.19 bits per heavy atom. The molecule has 7 heteroatoms. The average molecular weight is 379 g/mol. The van der Waals surface area contributed by atoms with Crippen LogP contribution in [0.25, 0.3) is 0 Å². The van der Waals surface area contributed by atoms with Crippen molar-refractivity contribution in [2.75, 3.05) is 26.2 Å². The summed E-state index contributed by atoms with van der Waals surface area (Å²) in [6.07, 6.45) is 2.60. The fourth-order valence-electron chi connectivity index (χ4n) is 3.74. The Labute approximate surface area is 157 Å². The second-order valence-corrected chi connectivity index (χ2v) is 7.47. The number of carboxylic acids is 1. The third-order valence-corrected chi connectivity index (χ3v) is 5.56. The van der Waals surface area contributed by atoms with E-state index in [1.165, 1.54) is 0 Å². The monoisotopic (exact) mass is 378 g/mol. The standard InChI is InChI=1S/C19H23ClN2O4/c20-16-5-3-13(4-6-16)17(23)21-10-7-14(8-11-21)18(24)22-9-1-2-15(12-22)19(25)26/h3-6,14-15H,1-2,7-12H2,(H,25,26)/t15-/m1/s1. The zero-order valence-electron chi connectivity index (χ0n) is 14.6. The highest BCUT2D eigenvalue weighted by molar-refractivity contribution is 6.30. The number of amides is 2. The van der Waals surface area contributed by atoms with Gasteiger partial charge in [0.2, 0.25) is 5.91 Å². The van der Waals surface area contributed by atoms with Crippen LogP contribution in [0.5, 0.6) is 0 Å². The number of carboxylic acid groups (broad SMARTS) is 1. The molecule has 1 N–H and O–H groups in total. The molecule has 140 valence electrons. The minimum atomic E-state index is -0.828. The molecule has 0 saturated carbocycles. The summed E-state index contributed by atoms with van der Waals surface area (Å²) in [7, 11) is 0. The quantitative estimate of drug-likeness (QED) is 0.876. The van der Waals surface area contributed by atoms with E-state index in [-0.39, 0.29) is 17.7 Å². The highest BCUT2D eigenvalue weighted by Gasteiger charge is 2.34. The molecule has 0 bridgehead atoms. The molecule has 0 aliphatic carbocycles. The minimum Gasteiger partial charge on any atom is -0.481 e. The number of benzene rings is 1. The molecular formula is C19H23ClN2O4. The second-order valence-electron chi connectivity index (χ2n) is 7.04. The third-order valence-electron chi connectivity index (χ3n) is 5.30. The van der Waals surface area contributed by atoms with E-state index in [4.69, 9.17) is 11.6 Å². The van der Waals surface area contributed by atoms with Crippen molar-refractivity contribution in [3.05, 3.63) is 34.9 Å². The molecule has 1 aromatic carbocycles. The Bertz CT molecular complexity index is 683. The van der Waals surface area contributed by atoms with Gasteiger partial charge in [-0.15, -0.1) is 0 Å². The van der Waals surface area contributed by atoms with E-state index in [1.54, 1.807) is 34.1 Å². The van der Waals surface area contributed by atoms with E-state index >= 15 is 0 Å². The summed E-state index contributed by atoms with van der Waals surface area (Å²) in [5.74, 6) is -1.42. The van der Waals surface area contributed by atoms with Gasteiger partial charge in [0, 0.05) is 42.7 Å². The number of rotatable bonds is 3. The summed E-state index contributed by atoms with van der Waals surface area (Å²) < 4.78 is 0. The average Bonchev–Trinajstić information content (AvgIpc) is 2.67. The smallest absolute Gasteiger partial charge is 0.308 e. The van der Waals surface area contributed by atoms with Gasteiger partial charge in [0.1, 0.15) is 0 Å². The fourth-order valence-corrected chi connectivity index (χ4v) is 3.87. The zero-order chi connectivity index (χ0) is 18.7. The SMILES string of the molecule is O=C(O)[C@@H]1CCCN(C(=O)C2CCN(C(=O)c3ccc(Cl)cc3)CC2)C1. The van der Waals surface area contributed by atoms with Crippen LogP contribution in [-0.2, 0) is 9.59 Å². The van der Waals surface area contributed by atoms with E-state index in [0.29, 0.717) is 56.0 Å². The largest absolute Gasteiger partial charge is 0.481 e. The number of aliphatic carboxylic acids is 1. The molecule has 6 nitrogen and oxygen atoms in total. The molecule has 0 radical (unpaired) electrons. The molecule has 2 fully saturated rings. The molecule has 0 spiro atoms. The van der Waals surface area contributed by atoms with Crippen LogP contribution >= 0.6 is 11.6 Å². The van der Waals surface area contributed by atoms with Gasteiger partial charge in [-0.05, 0) is 49.9 Å². The van der Waals surface area contributed by atoms with Crippen LogP contribution in [0, 0.1) is 11.8 Å². The van der Waals surface area contributed by atoms with E-state index in [2.05, 4.69) is 0 Å². The fraction of sp³-hybridized carbons (Fsp3) is 0.526. The number of hydrogen-bond acceptors (Lipinski definition) is 3. The van der Waals surface area contributed by atoms with Crippen molar-refractivity contribution in [2.24, 2.45) is 11.8 Å². The lowest BCUT2D eigenvalue weighted by atomic mass is 9.92. The van der Waals surface area contributed by atoms with Gasteiger partial charge in [-0.3, -0.25) is 14.4 Å². The van der Waals surface area contributed by atoms with Crippen molar-refractivity contribution in [3.63, 3.8) is 0 Å². The third kappa shape index (κ3) is 4.18. The molecular weight excluding hydrogens is 356 g/mol. The first kappa shape index (κ1) is 18.7. The molecule has 0 unspecified atom stereocenters. The highest BCUT2D eigenvalue weighted by atomic mass is 35.5. The molecule has 2 aliphatic heterocycles. The Kier molecular flexibility index (Phi) is 5.81. The molecule has 26 heavy (non-hydrogen) atoms. The van der Waals surface area contributed by atoms with Crippen LogP contribution in [-0.4, -0.2) is 58.9 Å². The Morgan fingerprint density at radius 2 is 1.58 bits per heavy atom. The number of halogens is 1. The summed E-state index contributed by atoms with van der Waals surface area (Å²) >= 11 is 5.86. The van der Waals surface area contributed by atoms with Gasteiger partial charge in [-0.2, -0.15) is 0 Å². The highest BCUT2D eigenvalue weighted by Crippen LogP contribution is 2.25. The summed E-state index contributed by atoms with van der Waals surface area (Å²) in [6.45, 7) is 2.01. The van der Waals surface area contributed by atoms with E-state index < -0.39 is 11.9 Å². The first-order chi connectivity index (χ1) is 12.5. The summed E-state index contributed by atoms with van der Waals surface area (Å²) in [4.78, 5) is 39.9. The first-order valence-corrected chi connectivity index (χ1v) is 9.40. The lowest BCUT2D eigenvalue weighted by Crippen LogP contribution is -2.48. The Balaban J connectivity index is 1.54. The normalized spacial score (nSPS) is 21.5. The van der Waals surface area contributed by atoms with Crippen LogP contribution in [0.2, 0.25) is 5.02 Å². The molecule has 2 heterocycles. The van der Waals surface area contributed by atoms with Crippen LogP contribution in [0.3, 0.4) is 0 Å². The predicted molar refractivity (Wildman–Crippen MR) is 97.0 cm³/mol. The maximum atomic E-state index is 12.7. The topological polar surface area (TPSA) is 77.9 Å². The van der Waals surface area contributed by atoms with E-state index in [0.717, 1.165) is 6.42 Å². The number of carbonyl (C=O) groups is 3. The summed E-state index contributed by atoms with van der Waals surface area (Å²) in [5, 5.41) is 9.77. The Morgan fingerprint density at radius 1 is 0.923 bits per heavy atom. The predicted octanol–water partition coefficient (Wildman–Crippen LogP) is 2.52. The van der Waals surface area contributed by atoms with Crippen molar-refractivity contribution in [2.45, 2.75) is 25.7 Å². The van der Waals surface area contributed by atoms with Crippen LogP contribution in [0.4, 0.5) is 0 Å². The van der Waals surface area contributed by atoms with E-state index in [9.17, 15) is 19.5 Å². The lowest BCUT2D eigenvalue weighted by molar-refractivity contribution is -0.147. The molecule has 2 aliphatic rings. The van der Waals surface area contributed by atoms with Gasteiger partial charge in [0.05, 0.1) is 5.92 Å². The van der Waals surface area contributed by atoms with Crippen molar-refractivity contribution in [1.29, 1.82) is 0 Å². The minimum absolute atomic E-state index is 0.0366. The van der Waals surface area contributed by atoms with Gasteiger partial charge < -0.3 is 14.9 Å². The Hall–Kier alpha value is -2.08. The van der Waals surface area contributed by atoms with Crippen LogP contribution < -0.4 is 0 Å². The van der Waals surface area contributed by atoms with E-state index in [1.807, 2.05) is 0 Å². The first-order valence-electron chi connectivity index (χ1n) is 9.02. The molecule has 2 amide bonds. The van der Waals surface area contributed by atoms with Gasteiger partial charge in [-0.25, -0.2) is 0 Å². The van der Waals surface area contributed by atoms with Gasteiger partial charge >= 0.3 is 5.97 Å². The molecule has 0 aromatic heterocycles. The number of nitrogens with zero attached hydrogens (tertiary/aromatic N) is 2. The lowest BCUT2D eigenvalue weighted by Gasteiger charge is -2.37. The van der Waals surface area contributed by atoms with Crippen molar-refractivity contribution >= 4 is 29.4 Å². The van der Waals surface area contributed by atoms with Crippen molar-refractivity contribution in [3.8, 4) is 0 Å². The second kappa shape index (κ2) is 8.08. The molecule has 1 aromatic rings. The maximum absolute atomic E-state index is 12.7. The van der Waals surface area contributed by atoms with Gasteiger partial charge in [-0.1, -0.05) is 11.6 Å². The summed E-state index contributed by atoms with van der Waals surface area (Å²) in [6, 6.07) is 6.81. The number of piperidine rings is 2. The number of likely N-dealkylation sites (tertiary alicyclic amines) is 2. The van der Waals surface area contributed by atoms with Gasteiger partial charge in [0.15, 0.2) is 0 Å². The van der Waals surface area contributed by atoms with Crippen LogP contribution in [0.1, 0.15) is 36.0 Å². The number of carbonyl (C=O) groups excluding carboxylic acids is 2. The maximum Gasteiger partial charge on any atom is 0.308 e. The molecule has 2 saturated heterocycles. The van der Waals surface area contributed by atoms with Crippen molar-refractivity contribution in [1.82, 2.24) is 9.80 Å². The van der Waals surface area contributed by atoms with Gasteiger partial charge in [0.25, 0.3) is 5.91 Å². The molecule has 1 atom stereocenters. The number of hydrogen-bond donors (Lipinski definition) is 1. The van der Waals surface area contributed by atoms with Crippen LogP contribution in [0.15, 0.2) is 24.3 Å². The van der Waals surface area contributed by atoms with Crippen molar-refractivity contribution < 1.29 is 19.5 Å². The molecule has 3 rings (SSSR count). The zero-order valence-corrected chi connectivity index (χ0v) is 15.3.